The molecule has 0 saturated carbocycles. The van der Waals surface area contributed by atoms with Gasteiger partial charge in [-0.25, -0.2) is 0 Å². The van der Waals surface area contributed by atoms with E-state index in [1.54, 1.807) is 0 Å². The number of benzene rings is 1. The first kappa shape index (κ1) is 13.3. The van der Waals surface area contributed by atoms with Crippen LogP contribution in [0, 0.1) is 13.8 Å². The van der Waals surface area contributed by atoms with Gasteiger partial charge in [-0.15, -0.1) is 0 Å². The van der Waals surface area contributed by atoms with E-state index in [-0.39, 0.29) is 5.91 Å². The van der Waals surface area contributed by atoms with Crippen molar-refractivity contribution >= 4 is 5.91 Å². The van der Waals surface area contributed by atoms with Gasteiger partial charge in [0.15, 0.2) is 0 Å². The van der Waals surface area contributed by atoms with E-state index in [1.807, 2.05) is 44.2 Å². The Morgan fingerprint density at radius 2 is 2.05 bits per heavy atom. The molecule has 19 heavy (non-hydrogen) atoms. The third-order valence-electron chi connectivity index (χ3n) is 3.16. The molecule has 0 spiro atoms. The maximum atomic E-state index is 12.0. The molecule has 4 N–H and O–H groups in total. The highest BCUT2D eigenvalue weighted by molar-refractivity contribution is 5.82. The third kappa shape index (κ3) is 3.00. The molecule has 5 heteroatoms. The van der Waals surface area contributed by atoms with Crippen LogP contribution in [0.1, 0.15) is 28.6 Å². The van der Waals surface area contributed by atoms with Crippen LogP contribution < -0.4 is 11.1 Å². The number of aromatic amines is 1. The van der Waals surface area contributed by atoms with Gasteiger partial charge >= 0.3 is 0 Å². The minimum atomic E-state index is -0.645. The molecule has 2 aromatic rings. The maximum Gasteiger partial charge on any atom is 0.241 e. The number of carbonyl (C=O) groups excluding carboxylic acids is 1. The van der Waals surface area contributed by atoms with Gasteiger partial charge in [0.2, 0.25) is 5.91 Å². The summed E-state index contributed by atoms with van der Waals surface area (Å²) in [6.45, 7) is 4.27. The second-order valence-corrected chi connectivity index (χ2v) is 4.52. The van der Waals surface area contributed by atoms with Crippen LogP contribution in [0.3, 0.4) is 0 Å². The Labute approximate surface area is 112 Å². The molecule has 1 aromatic heterocycles. The molecule has 1 amide bonds. The van der Waals surface area contributed by atoms with E-state index in [4.69, 9.17) is 5.73 Å². The van der Waals surface area contributed by atoms with Crippen molar-refractivity contribution in [3.63, 3.8) is 0 Å². The van der Waals surface area contributed by atoms with E-state index < -0.39 is 6.04 Å². The Kier molecular flexibility index (Phi) is 3.97. The highest BCUT2D eigenvalue weighted by Crippen LogP contribution is 2.11. The predicted molar refractivity (Wildman–Crippen MR) is 73.3 cm³/mol. The topological polar surface area (TPSA) is 83.8 Å². The Bertz CT molecular complexity index is 543. The number of carbonyl (C=O) groups is 1. The van der Waals surface area contributed by atoms with Crippen molar-refractivity contribution in [1.29, 1.82) is 0 Å². The lowest BCUT2D eigenvalue weighted by Gasteiger charge is -2.12. The Balaban J connectivity index is 1.99. The molecule has 100 valence electrons. The van der Waals surface area contributed by atoms with Gasteiger partial charge in [0.25, 0.3) is 0 Å². The zero-order chi connectivity index (χ0) is 13.8. The first-order chi connectivity index (χ1) is 9.09. The van der Waals surface area contributed by atoms with Crippen LogP contribution in [0.4, 0.5) is 0 Å². The fraction of sp³-hybridized carbons (Fsp3) is 0.286. The van der Waals surface area contributed by atoms with Gasteiger partial charge in [-0.2, -0.15) is 5.10 Å². The first-order valence-corrected chi connectivity index (χ1v) is 6.18. The third-order valence-corrected chi connectivity index (χ3v) is 3.16. The Morgan fingerprint density at radius 1 is 1.37 bits per heavy atom. The zero-order valence-corrected chi connectivity index (χ0v) is 11.1. The smallest absolute Gasteiger partial charge is 0.241 e. The van der Waals surface area contributed by atoms with Crippen LogP contribution in [0.5, 0.6) is 0 Å². The van der Waals surface area contributed by atoms with Crippen LogP contribution in [0.2, 0.25) is 0 Å². The summed E-state index contributed by atoms with van der Waals surface area (Å²) in [6, 6.07) is 8.68. The summed E-state index contributed by atoms with van der Waals surface area (Å²) < 4.78 is 0. The lowest BCUT2D eigenvalue weighted by atomic mass is 10.1. The predicted octanol–water partition coefficient (Wildman–Crippen LogP) is 1.34. The minimum absolute atomic E-state index is 0.189. The molecule has 5 nitrogen and oxygen atoms in total. The molecule has 0 saturated heterocycles. The van der Waals surface area contributed by atoms with Crippen LogP contribution in [-0.2, 0) is 11.3 Å². The SMILES string of the molecule is Cc1n[nH]c(C)c1CNC(=O)C(N)c1ccccc1. The molecule has 0 radical (unpaired) electrons. The largest absolute Gasteiger partial charge is 0.350 e. The van der Waals surface area contributed by atoms with Crippen molar-refractivity contribution in [3.8, 4) is 0 Å². The standard InChI is InChI=1S/C14H18N4O/c1-9-12(10(2)18-17-9)8-16-14(19)13(15)11-6-4-3-5-7-11/h3-7,13H,8,15H2,1-2H3,(H,16,19)(H,17,18). The number of hydrogen-bond acceptors (Lipinski definition) is 3. The van der Waals surface area contributed by atoms with Crippen molar-refractivity contribution in [3.05, 3.63) is 52.8 Å². The minimum Gasteiger partial charge on any atom is -0.350 e. The van der Waals surface area contributed by atoms with E-state index in [2.05, 4.69) is 15.5 Å². The molecule has 2 rings (SSSR count). The molecule has 1 atom stereocenters. The molecule has 0 bridgehead atoms. The molecule has 0 aliphatic heterocycles. The van der Waals surface area contributed by atoms with E-state index in [9.17, 15) is 4.79 Å². The maximum absolute atomic E-state index is 12.0. The van der Waals surface area contributed by atoms with Crippen molar-refractivity contribution in [2.45, 2.75) is 26.4 Å². The summed E-state index contributed by atoms with van der Waals surface area (Å²) in [5.41, 5.74) is 9.59. The fourth-order valence-electron chi connectivity index (χ4n) is 1.93. The zero-order valence-electron chi connectivity index (χ0n) is 11.1. The summed E-state index contributed by atoms with van der Waals surface area (Å²) in [7, 11) is 0. The molecule has 1 aromatic carbocycles. The number of nitrogens with zero attached hydrogens (tertiary/aromatic N) is 1. The van der Waals surface area contributed by atoms with E-state index >= 15 is 0 Å². The van der Waals surface area contributed by atoms with E-state index in [0.717, 1.165) is 22.5 Å². The second kappa shape index (κ2) is 5.67. The quantitative estimate of drug-likeness (QED) is 0.774. The lowest BCUT2D eigenvalue weighted by molar-refractivity contribution is -0.122. The van der Waals surface area contributed by atoms with Crippen LogP contribution in [0.25, 0.3) is 0 Å². The van der Waals surface area contributed by atoms with Crippen molar-refractivity contribution in [2.75, 3.05) is 0 Å². The first-order valence-electron chi connectivity index (χ1n) is 6.18. The number of aryl methyl sites for hydroxylation is 2. The number of nitrogens with one attached hydrogen (secondary N) is 2. The molecule has 0 aliphatic rings. The fourth-order valence-corrected chi connectivity index (χ4v) is 1.93. The van der Waals surface area contributed by atoms with Gasteiger partial charge in [0.1, 0.15) is 6.04 Å². The number of H-pyrrole nitrogens is 1. The van der Waals surface area contributed by atoms with Gasteiger partial charge in [-0.1, -0.05) is 30.3 Å². The second-order valence-electron chi connectivity index (χ2n) is 4.52. The molecular formula is C14H18N4O. The van der Waals surface area contributed by atoms with Crippen molar-refractivity contribution in [1.82, 2.24) is 15.5 Å². The van der Waals surface area contributed by atoms with Gasteiger partial charge < -0.3 is 11.1 Å². The van der Waals surface area contributed by atoms with Gasteiger partial charge in [-0.05, 0) is 19.4 Å². The average Bonchev–Trinajstić information content (AvgIpc) is 2.75. The number of rotatable bonds is 4. The lowest BCUT2D eigenvalue weighted by Crippen LogP contribution is -2.33. The van der Waals surface area contributed by atoms with Gasteiger partial charge in [0.05, 0.1) is 5.69 Å². The number of aromatic nitrogens is 2. The molecule has 1 unspecified atom stereocenters. The van der Waals surface area contributed by atoms with Crippen molar-refractivity contribution < 1.29 is 4.79 Å². The van der Waals surface area contributed by atoms with Gasteiger partial charge in [0, 0.05) is 17.8 Å². The highest BCUT2D eigenvalue weighted by atomic mass is 16.2. The number of hydrogen-bond donors (Lipinski definition) is 3. The molecular weight excluding hydrogens is 240 g/mol. The highest BCUT2D eigenvalue weighted by Gasteiger charge is 2.16. The monoisotopic (exact) mass is 258 g/mol. The molecule has 1 heterocycles. The summed E-state index contributed by atoms with van der Waals surface area (Å²) in [5.74, 6) is -0.189. The van der Waals surface area contributed by atoms with Crippen molar-refractivity contribution in [2.24, 2.45) is 5.73 Å². The normalized spacial score (nSPS) is 12.2. The Morgan fingerprint density at radius 3 is 2.63 bits per heavy atom. The summed E-state index contributed by atoms with van der Waals surface area (Å²) in [4.78, 5) is 12.0. The van der Waals surface area contributed by atoms with Crippen LogP contribution in [0.15, 0.2) is 30.3 Å². The van der Waals surface area contributed by atoms with E-state index in [0.29, 0.717) is 6.54 Å². The Hall–Kier alpha value is -2.14. The van der Waals surface area contributed by atoms with Crippen LogP contribution in [-0.4, -0.2) is 16.1 Å². The number of nitrogens with two attached hydrogens (primary N) is 1. The van der Waals surface area contributed by atoms with Gasteiger partial charge in [-0.3, -0.25) is 9.89 Å². The number of amides is 1. The van der Waals surface area contributed by atoms with E-state index in [1.165, 1.54) is 0 Å². The molecule has 0 fully saturated rings. The summed E-state index contributed by atoms with van der Waals surface area (Å²) >= 11 is 0. The average molecular weight is 258 g/mol. The molecule has 0 aliphatic carbocycles. The summed E-state index contributed by atoms with van der Waals surface area (Å²) in [6.07, 6.45) is 0. The summed E-state index contributed by atoms with van der Waals surface area (Å²) in [5, 5.41) is 9.82. The van der Waals surface area contributed by atoms with Crippen LogP contribution >= 0.6 is 0 Å².